The van der Waals surface area contributed by atoms with Crippen LogP contribution in [0, 0.1) is 5.92 Å². The maximum Gasteiger partial charge on any atom is 0.508 e. The van der Waals surface area contributed by atoms with Crippen molar-refractivity contribution >= 4 is 6.16 Å². The SMILES string of the molecule is C=CC1OC(=O)OCC1C. The van der Waals surface area contributed by atoms with E-state index in [2.05, 4.69) is 11.3 Å². The number of ether oxygens (including phenoxy) is 2. The van der Waals surface area contributed by atoms with Gasteiger partial charge in [-0.2, -0.15) is 0 Å². The number of carbonyl (C=O) groups is 1. The molecule has 1 fully saturated rings. The summed E-state index contributed by atoms with van der Waals surface area (Å²) < 4.78 is 9.38. The van der Waals surface area contributed by atoms with E-state index in [4.69, 9.17) is 4.74 Å². The van der Waals surface area contributed by atoms with Crippen LogP contribution < -0.4 is 0 Å². The Morgan fingerprint density at radius 3 is 3.00 bits per heavy atom. The quantitative estimate of drug-likeness (QED) is 0.409. The van der Waals surface area contributed by atoms with Gasteiger partial charge < -0.3 is 9.47 Å². The van der Waals surface area contributed by atoms with Crippen LogP contribution in [0.1, 0.15) is 6.92 Å². The minimum absolute atomic E-state index is 0.179. The Morgan fingerprint density at radius 1 is 1.80 bits per heavy atom. The Labute approximate surface area is 59.6 Å². The summed E-state index contributed by atoms with van der Waals surface area (Å²) in [6.07, 6.45) is 0.842. The molecule has 2 unspecified atom stereocenters. The van der Waals surface area contributed by atoms with Gasteiger partial charge in [0.1, 0.15) is 12.7 Å². The molecule has 3 heteroatoms. The second-order valence-electron chi connectivity index (χ2n) is 2.36. The Balaban J connectivity index is 2.53. The van der Waals surface area contributed by atoms with Gasteiger partial charge in [0, 0.05) is 5.92 Å². The van der Waals surface area contributed by atoms with Crippen LogP contribution in [0.15, 0.2) is 12.7 Å². The van der Waals surface area contributed by atoms with E-state index in [0.29, 0.717) is 6.61 Å². The Kier molecular flexibility index (Phi) is 1.94. The lowest BCUT2D eigenvalue weighted by Crippen LogP contribution is -2.33. The second-order valence-corrected chi connectivity index (χ2v) is 2.36. The van der Waals surface area contributed by atoms with Crippen molar-refractivity contribution in [3.05, 3.63) is 12.7 Å². The van der Waals surface area contributed by atoms with Gasteiger partial charge in [-0.3, -0.25) is 0 Å². The van der Waals surface area contributed by atoms with Crippen LogP contribution in [0.25, 0.3) is 0 Å². The molecule has 56 valence electrons. The molecule has 0 aliphatic carbocycles. The van der Waals surface area contributed by atoms with Crippen molar-refractivity contribution in [2.45, 2.75) is 13.0 Å². The zero-order chi connectivity index (χ0) is 7.56. The molecule has 0 spiro atoms. The van der Waals surface area contributed by atoms with E-state index in [1.165, 1.54) is 0 Å². The molecule has 2 atom stereocenters. The molecule has 0 saturated carbocycles. The Morgan fingerprint density at radius 2 is 2.50 bits per heavy atom. The normalized spacial score (nSPS) is 32.3. The van der Waals surface area contributed by atoms with Crippen LogP contribution in [0.4, 0.5) is 4.79 Å². The highest BCUT2D eigenvalue weighted by atomic mass is 16.7. The summed E-state index contributed by atoms with van der Waals surface area (Å²) in [5.41, 5.74) is 0. The highest BCUT2D eigenvalue weighted by Crippen LogP contribution is 2.15. The summed E-state index contributed by atoms with van der Waals surface area (Å²) in [5.74, 6) is 0.218. The van der Waals surface area contributed by atoms with Crippen molar-refractivity contribution in [1.29, 1.82) is 0 Å². The van der Waals surface area contributed by atoms with Crippen LogP contribution >= 0.6 is 0 Å². The molecule has 0 aromatic heterocycles. The first-order valence-electron chi connectivity index (χ1n) is 3.20. The first kappa shape index (κ1) is 7.12. The largest absolute Gasteiger partial charge is 0.508 e. The van der Waals surface area contributed by atoms with Gasteiger partial charge >= 0.3 is 6.16 Å². The first-order valence-corrected chi connectivity index (χ1v) is 3.20. The van der Waals surface area contributed by atoms with Gasteiger partial charge in [0.15, 0.2) is 0 Å². The molecular weight excluding hydrogens is 132 g/mol. The third-order valence-corrected chi connectivity index (χ3v) is 1.49. The lowest BCUT2D eigenvalue weighted by molar-refractivity contribution is -0.0352. The fourth-order valence-corrected chi connectivity index (χ4v) is 0.836. The molecule has 0 bridgehead atoms. The molecule has 10 heavy (non-hydrogen) atoms. The predicted octanol–water partition coefficient (Wildman–Crippen LogP) is 1.34. The Hall–Kier alpha value is -0.990. The fraction of sp³-hybridized carbons (Fsp3) is 0.571. The van der Waals surface area contributed by atoms with Crippen LogP contribution in [-0.4, -0.2) is 18.9 Å². The summed E-state index contributed by atoms with van der Waals surface area (Å²) in [5, 5.41) is 0. The van der Waals surface area contributed by atoms with E-state index >= 15 is 0 Å². The predicted molar refractivity (Wildman–Crippen MR) is 35.6 cm³/mol. The van der Waals surface area contributed by atoms with Crippen LogP contribution in [-0.2, 0) is 9.47 Å². The summed E-state index contributed by atoms with van der Waals surface area (Å²) in [7, 11) is 0. The molecule has 1 saturated heterocycles. The first-order chi connectivity index (χ1) is 4.74. The van der Waals surface area contributed by atoms with Crippen LogP contribution in [0.2, 0.25) is 0 Å². The summed E-state index contributed by atoms with van der Waals surface area (Å²) in [4.78, 5) is 10.5. The lowest BCUT2D eigenvalue weighted by Gasteiger charge is -2.25. The number of rotatable bonds is 1. The van der Waals surface area contributed by atoms with Gasteiger partial charge in [0.05, 0.1) is 0 Å². The van der Waals surface area contributed by atoms with Gasteiger partial charge in [-0.15, -0.1) is 0 Å². The van der Waals surface area contributed by atoms with Crippen molar-refractivity contribution < 1.29 is 14.3 Å². The van der Waals surface area contributed by atoms with E-state index in [1.807, 2.05) is 6.92 Å². The van der Waals surface area contributed by atoms with Gasteiger partial charge in [0.25, 0.3) is 0 Å². The third-order valence-electron chi connectivity index (χ3n) is 1.49. The molecule has 0 N–H and O–H groups in total. The fourth-order valence-electron chi connectivity index (χ4n) is 0.836. The zero-order valence-electron chi connectivity index (χ0n) is 5.87. The molecule has 1 aliphatic heterocycles. The maximum absolute atomic E-state index is 10.5. The average Bonchev–Trinajstić information content (AvgIpc) is 1.94. The van der Waals surface area contributed by atoms with Crippen LogP contribution in [0.3, 0.4) is 0 Å². The molecule has 3 nitrogen and oxygen atoms in total. The van der Waals surface area contributed by atoms with E-state index in [0.717, 1.165) is 0 Å². The third kappa shape index (κ3) is 1.29. The number of carbonyl (C=O) groups excluding carboxylic acids is 1. The van der Waals surface area contributed by atoms with Gasteiger partial charge in [-0.1, -0.05) is 19.6 Å². The smallest absolute Gasteiger partial charge is 0.434 e. The summed E-state index contributed by atoms with van der Waals surface area (Å²) in [6.45, 7) is 5.91. The van der Waals surface area contributed by atoms with Gasteiger partial charge in [-0.05, 0) is 0 Å². The van der Waals surface area contributed by atoms with Crippen molar-refractivity contribution in [3.8, 4) is 0 Å². The van der Waals surface area contributed by atoms with Crippen molar-refractivity contribution in [2.75, 3.05) is 6.61 Å². The molecule has 0 aromatic rings. The highest BCUT2D eigenvalue weighted by Gasteiger charge is 2.25. The summed E-state index contributed by atoms with van der Waals surface area (Å²) >= 11 is 0. The highest BCUT2D eigenvalue weighted by molar-refractivity contribution is 5.61. The standard InChI is InChI=1S/C7H10O3/c1-3-6-5(2)4-9-7(8)10-6/h3,5-6H,1,4H2,2H3. The molecule has 1 aliphatic rings. The monoisotopic (exact) mass is 142 g/mol. The van der Waals surface area contributed by atoms with Gasteiger partial charge in [-0.25, -0.2) is 4.79 Å². The van der Waals surface area contributed by atoms with E-state index in [1.54, 1.807) is 6.08 Å². The molecule has 1 heterocycles. The lowest BCUT2D eigenvalue weighted by atomic mass is 10.1. The van der Waals surface area contributed by atoms with Gasteiger partial charge in [0.2, 0.25) is 0 Å². The number of hydrogen-bond acceptors (Lipinski definition) is 3. The minimum atomic E-state index is -0.594. The molecule has 0 aromatic carbocycles. The summed E-state index contributed by atoms with van der Waals surface area (Å²) in [6, 6.07) is 0. The van der Waals surface area contributed by atoms with Crippen molar-refractivity contribution in [3.63, 3.8) is 0 Å². The molecular formula is C7H10O3. The van der Waals surface area contributed by atoms with Crippen molar-refractivity contribution in [2.24, 2.45) is 5.92 Å². The van der Waals surface area contributed by atoms with Crippen molar-refractivity contribution in [1.82, 2.24) is 0 Å². The molecule has 0 radical (unpaired) electrons. The van der Waals surface area contributed by atoms with Crippen LogP contribution in [0.5, 0.6) is 0 Å². The molecule has 1 rings (SSSR count). The average molecular weight is 142 g/mol. The van der Waals surface area contributed by atoms with E-state index in [9.17, 15) is 4.79 Å². The topological polar surface area (TPSA) is 35.5 Å². The number of cyclic esters (lactones) is 2. The number of hydrogen-bond donors (Lipinski definition) is 0. The van der Waals surface area contributed by atoms with E-state index in [-0.39, 0.29) is 12.0 Å². The maximum atomic E-state index is 10.5. The Bertz CT molecular complexity index is 153. The minimum Gasteiger partial charge on any atom is -0.434 e. The van der Waals surface area contributed by atoms with E-state index < -0.39 is 6.16 Å². The molecule has 0 amide bonds. The zero-order valence-corrected chi connectivity index (χ0v) is 5.87. The second kappa shape index (κ2) is 2.73.